The van der Waals surface area contributed by atoms with Crippen LogP contribution in [0.5, 0.6) is 0 Å². The molecule has 2 unspecified atom stereocenters. The Balaban J connectivity index is 1.70. The van der Waals surface area contributed by atoms with Crippen molar-refractivity contribution in [3.8, 4) is 0 Å². The Morgan fingerprint density at radius 1 is 1.41 bits per heavy atom. The number of hydrogen-bond donors (Lipinski definition) is 1. The Morgan fingerprint density at radius 3 is 3.00 bits per heavy atom. The Labute approximate surface area is 130 Å². The van der Waals surface area contributed by atoms with Gasteiger partial charge in [-0.05, 0) is 37.8 Å². The van der Waals surface area contributed by atoms with Crippen molar-refractivity contribution in [1.29, 1.82) is 0 Å². The summed E-state index contributed by atoms with van der Waals surface area (Å²) < 4.78 is 0. The minimum atomic E-state index is -0.0552. The van der Waals surface area contributed by atoms with Crippen LogP contribution in [0, 0.1) is 12.8 Å². The normalized spacial score (nSPS) is 24.5. The minimum Gasteiger partial charge on any atom is -0.351 e. The zero-order valence-electron chi connectivity index (χ0n) is 13.1. The lowest BCUT2D eigenvalue weighted by Gasteiger charge is -2.24. The molecule has 0 radical (unpaired) electrons. The molecule has 1 N–H and O–H groups in total. The number of anilines is 1. The average molecular weight is 302 g/mol. The Kier molecular flexibility index (Phi) is 4.00. The number of urea groups is 1. The fraction of sp³-hybridized carbons (Fsp3) is 0.562. The first-order valence-corrected chi connectivity index (χ1v) is 7.80. The summed E-state index contributed by atoms with van der Waals surface area (Å²) in [6, 6.07) is 5.68. The van der Waals surface area contributed by atoms with E-state index in [4.69, 9.17) is 0 Å². The summed E-state index contributed by atoms with van der Waals surface area (Å²) in [5, 5.41) is 3.05. The predicted molar refractivity (Wildman–Crippen MR) is 83.6 cm³/mol. The maximum atomic E-state index is 12.7. The molecule has 6 nitrogen and oxygen atoms in total. The smallest absolute Gasteiger partial charge is 0.325 e. The van der Waals surface area contributed by atoms with Crippen LogP contribution in [0.15, 0.2) is 18.2 Å². The van der Waals surface area contributed by atoms with Crippen LogP contribution in [-0.4, -0.2) is 48.0 Å². The van der Waals surface area contributed by atoms with Gasteiger partial charge in [-0.15, -0.1) is 0 Å². The van der Waals surface area contributed by atoms with Crippen molar-refractivity contribution in [3.63, 3.8) is 0 Å². The maximum Gasteiger partial charge on any atom is 0.325 e. The third-order valence-corrected chi connectivity index (χ3v) is 4.54. The van der Waals surface area contributed by atoms with E-state index in [9.17, 15) is 9.59 Å². The van der Waals surface area contributed by atoms with E-state index in [0.29, 0.717) is 31.2 Å². The molecule has 3 rings (SSSR count). The van der Waals surface area contributed by atoms with Gasteiger partial charge in [0, 0.05) is 32.3 Å². The Morgan fingerprint density at radius 2 is 2.23 bits per heavy atom. The first-order valence-electron chi connectivity index (χ1n) is 7.80. The molecule has 0 bridgehead atoms. The maximum absolute atomic E-state index is 12.7. The van der Waals surface area contributed by atoms with E-state index in [1.165, 1.54) is 0 Å². The molecule has 1 aromatic rings. The van der Waals surface area contributed by atoms with Gasteiger partial charge in [0.15, 0.2) is 0 Å². The molecule has 1 aromatic heterocycles. The number of pyridine rings is 1. The zero-order chi connectivity index (χ0) is 15.7. The van der Waals surface area contributed by atoms with Crippen LogP contribution in [0.25, 0.3) is 0 Å². The summed E-state index contributed by atoms with van der Waals surface area (Å²) in [5.41, 5.74) is 0.885. The van der Waals surface area contributed by atoms with Crippen molar-refractivity contribution < 1.29 is 9.59 Å². The fourth-order valence-corrected chi connectivity index (χ4v) is 3.31. The molecule has 3 amide bonds. The molecule has 2 aliphatic heterocycles. The average Bonchev–Trinajstić information content (AvgIpc) is 2.80. The molecule has 0 aromatic carbocycles. The largest absolute Gasteiger partial charge is 0.351 e. The Bertz CT molecular complexity index is 589. The van der Waals surface area contributed by atoms with E-state index in [0.717, 1.165) is 18.5 Å². The van der Waals surface area contributed by atoms with Gasteiger partial charge in [0.25, 0.3) is 0 Å². The number of carbonyl (C=O) groups is 2. The van der Waals surface area contributed by atoms with Gasteiger partial charge in [-0.1, -0.05) is 6.07 Å². The molecule has 6 heteroatoms. The molecule has 0 saturated carbocycles. The second-order valence-electron chi connectivity index (χ2n) is 6.21. The number of rotatable bonds is 1. The highest BCUT2D eigenvalue weighted by atomic mass is 16.2. The van der Waals surface area contributed by atoms with Crippen LogP contribution in [0.2, 0.25) is 0 Å². The summed E-state index contributed by atoms with van der Waals surface area (Å²) in [6.45, 7) is 3.20. The van der Waals surface area contributed by atoms with E-state index in [2.05, 4.69) is 10.3 Å². The van der Waals surface area contributed by atoms with Crippen molar-refractivity contribution in [3.05, 3.63) is 23.9 Å². The van der Waals surface area contributed by atoms with E-state index in [1.54, 1.807) is 11.9 Å². The van der Waals surface area contributed by atoms with E-state index in [1.807, 2.05) is 30.0 Å². The number of nitrogens with one attached hydrogen (secondary N) is 1. The summed E-state index contributed by atoms with van der Waals surface area (Å²) >= 11 is 0. The summed E-state index contributed by atoms with van der Waals surface area (Å²) in [4.78, 5) is 32.1. The number of nitrogens with zero attached hydrogens (tertiary/aromatic N) is 3. The van der Waals surface area contributed by atoms with Crippen LogP contribution in [-0.2, 0) is 4.79 Å². The first kappa shape index (κ1) is 14.8. The summed E-state index contributed by atoms with van der Waals surface area (Å²) in [6.07, 6.45) is 2.51. The molecular formula is C16H22N4O2. The topological polar surface area (TPSA) is 65.5 Å². The van der Waals surface area contributed by atoms with Gasteiger partial charge in [0.2, 0.25) is 5.91 Å². The molecule has 0 spiro atoms. The summed E-state index contributed by atoms with van der Waals surface area (Å²) in [7, 11) is 1.75. The van der Waals surface area contributed by atoms with Crippen LogP contribution in [0.4, 0.5) is 10.6 Å². The van der Waals surface area contributed by atoms with Crippen LogP contribution in [0.1, 0.15) is 25.0 Å². The third-order valence-electron chi connectivity index (χ3n) is 4.54. The molecule has 2 fully saturated rings. The van der Waals surface area contributed by atoms with Crippen LogP contribution < -0.4 is 10.2 Å². The number of amides is 3. The van der Waals surface area contributed by atoms with Gasteiger partial charge in [0.1, 0.15) is 5.82 Å². The molecule has 2 aliphatic rings. The van der Waals surface area contributed by atoms with Gasteiger partial charge >= 0.3 is 6.03 Å². The lowest BCUT2D eigenvalue weighted by Crippen LogP contribution is -2.43. The molecular weight excluding hydrogens is 280 g/mol. The van der Waals surface area contributed by atoms with Crippen molar-refractivity contribution in [2.75, 3.05) is 25.0 Å². The van der Waals surface area contributed by atoms with E-state index < -0.39 is 0 Å². The number of aromatic nitrogens is 1. The van der Waals surface area contributed by atoms with Crippen molar-refractivity contribution >= 4 is 17.8 Å². The molecule has 0 aliphatic carbocycles. The third kappa shape index (κ3) is 2.91. The highest BCUT2D eigenvalue weighted by molar-refractivity contribution is 5.90. The second-order valence-corrected chi connectivity index (χ2v) is 6.21. The van der Waals surface area contributed by atoms with E-state index >= 15 is 0 Å². The van der Waals surface area contributed by atoms with Gasteiger partial charge in [-0.25, -0.2) is 9.78 Å². The monoisotopic (exact) mass is 302 g/mol. The minimum absolute atomic E-state index is 0.0552. The fourth-order valence-electron chi connectivity index (χ4n) is 3.31. The summed E-state index contributed by atoms with van der Waals surface area (Å²) in [5.74, 6) is 1.13. The van der Waals surface area contributed by atoms with Crippen molar-refractivity contribution in [2.45, 2.75) is 32.2 Å². The number of fused-ring (bicyclic) bond motifs is 1. The van der Waals surface area contributed by atoms with Gasteiger partial charge < -0.3 is 10.2 Å². The standard InChI is InChI=1S/C16H22N4O2/c1-11-5-3-7-14(17-11)19(2)16(22)20-9-12-6-4-8-15(21)18-13(12)10-20/h3,5,7,12-13H,4,6,8-10H2,1-2H3,(H,18,21). The number of carbonyl (C=O) groups excluding carboxylic acids is 2. The number of hydrogen-bond acceptors (Lipinski definition) is 3. The SMILES string of the molecule is Cc1cccc(N(C)C(=O)N2CC3CCCC(=O)NC3C2)n1. The predicted octanol–water partition coefficient (Wildman–Crippen LogP) is 1.55. The van der Waals surface area contributed by atoms with Crippen LogP contribution >= 0.6 is 0 Å². The molecule has 118 valence electrons. The Hall–Kier alpha value is -2.11. The van der Waals surface area contributed by atoms with Crippen molar-refractivity contribution in [1.82, 2.24) is 15.2 Å². The number of likely N-dealkylation sites (tertiary alicyclic amines) is 1. The first-order chi connectivity index (χ1) is 10.5. The highest BCUT2D eigenvalue weighted by Crippen LogP contribution is 2.26. The quantitative estimate of drug-likeness (QED) is 0.856. The molecule has 2 saturated heterocycles. The number of aryl methyl sites for hydroxylation is 1. The molecule has 3 heterocycles. The van der Waals surface area contributed by atoms with E-state index in [-0.39, 0.29) is 18.0 Å². The second kappa shape index (κ2) is 5.94. The zero-order valence-corrected chi connectivity index (χ0v) is 13.1. The molecule has 2 atom stereocenters. The molecule has 22 heavy (non-hydrogen) atoms. The van der Waals surface area contributed by atoms with Gasteiger partial charge in [0.05, 0.1) is 6.04 Å². The van der Waals surface area contributed by atoms with Crippen molar-refractivity contribution in [2.24, 2.45) is 5.92 Å². The lowest BCUT2D eigenvalue weighted by molar-refractivity contribution is -0.121. The van der Waals surface area contributed by atoms with Crippen LogP contribution in [0.3, 0.4) is 0 Å². The van der Waals surface area contributed by atoms with Gasteiger partial charge in [-0.2, -0.15) is 0 Å². The highest BCUT2D eigenvalue weighted by Gasteiger charge is 2.38. The van der Waals surface area contributed by atoms with Gasteiger partial charge in [-0.3, -0.25) is 9.69 Å². The lowest BCUT2D eigenvalue weighted by atomic mass is 9.99.